The molecule has 0 aliphatic heterocycles. The van der Waals surface area contributed by atoms with Crippen LogP contribution in [0.1, 0.15) is 52.2 Å². The fourth-order valence-electron chi connectivity index (χ4n) is 6.52. The predicted octanol–water partition coefficient (Wildman–Crippen LogP) is 13.8. The molecule has 9 aromatic carbocycles. The van der Waals surface area contributed by atoms with E-state index >= 15 is 0 Å². The summed E-state index contributed by atoms with van der Waals surface area (Å²) in [4.78, 5) is 0. The van der Waals surface area contributed by atoms with Gasteiger partial charge >= 0.3 is 0 Å². The molecular formula is C50H32O. The number of hydrogen-bond donors (Lipinski definition) is 0. The highest BCUT2D eigenvalue weighted by Gasteiger charge is 2.21. The molecule has 1 aliphatic carbocycles. The lowest BCUT2D eigenvalue weighted by molar-refractivity contribution is 0.673. The lowest BCUT2D eigenvalue weighted by Crippen LogP contribution is -2.03. The van der Waals surface area contributed by atoms with Gasteiger partial charge < -0.3 is 4.42 Å². The first-order valence-corrected chi connectivity index (χ1v) is 15.3. The summed E-state index contributed by atoms with van der Waals surface area (Å²) in [6.45, 7) is 0. The van der Waals surface area contributed by atoms with Gasteiger partial charge in [0, 0.05) is 18.9 Å². The largest absolute Gasteiger partial charge is 0.455 e. The molecule has 0 spiro atoms. The van der Waals surface area contributed by atoms with Crippen LogP contribution in [0.4, 0.5) is 0 Å². The third-order valence-electron chi connectivity index (χ3n) is 8.72. The smallest absolute Gasteiger partial charge is 0.143 e. The van der Waals surface area contributed by atoms with Crippen LogP contribution in [0.25, 0.3) is 98.8 Å². The van der Waals surface area contributed by atoms with Crippen LogP contribution in [-0.2, 0) is 12.8 Å². The molecule has 0 radical (unpaired) electrons. The molecule has 238 valence electrons. The first-order valence-electron chi connectivity index (χ1n) is 30.5. The van der Waals surface area contributed by atoms with E-state index in [2.05, 4.69) is 0 Å². The van der Waals surface area contributed by atoms with Gasteiger partial charge in [0.15, 0.2) is 0 Å². The van der Waals surface area contributed by atoms with Crippen LogP contribution in [0.3, 0.4) is 0 Å². The summed E-state index contributed by atoms with van der Waals surface area (Å²) in [5, 5.41) is -5.08. The van der Waals surface area contributed by atoms with Crippen molar-refractivity contribution in [1.29, 1.82) is 0 Å². The summed E-state index contributed by atoms with van der Waals surface area (Å²) in [5.41, 5.74) is -7.75. The van der Waals surface area contributed by atoms with E-state index in [1.165, 1.54) is 0 Å². The maximum absolute atomic E-state index is 9.67. The average Bonchev–Trinajstić information content (AvgIpc) is 3.39. The van der Waals surface area contributed by atoms with E-state index in [-0.39, 0.29) is 5.56 Å². The van der Waals surface area contributed by atoms with Crippen molar-refractivity contribution in [2.75, 3.05) is 0 Å². The van der Waals surface area contributed by atoms with Crippen molar-refractivity contribution < 1.29 is 45.5 Å². The molecule has 0 bridgehead atoms. The second-order valence-electron chi connectivity index (χ2n) is 11.4. The minimum absolute atomic E-state index is 0.381. The molecule has 1 heteroatoms. The molecule has 11 rings (SSSR count). The standard InChI is InChI=1S/C50H32O/c1-3-12-37-32(10-1)22-25-36-30-35(27-28-38(36)37)31-20-23-34(24-21-31)47-40-14-5-7-16-42(40)48(43-17-8-6-15-41(43)47)44-18-9-19-46-49(44)45-29-26-33-11-2-4-13-39(33)50(45)51-46/h1-21,23-24,26-30H,22,25H2/i1D,2D,3D,4D,5D,6D,7D,8D,9D,10D,11D,12D,13D,14D,15D,16D,17D,18D,19D,20D,21D,22D,23D,24D,25D,26D,27D,28D,29D,30D. The Balaban J connectivity index is 1.34. The lowest BCUT2D eigenvalue weighted by Gasteiger charge is -2.21. The minimum atomic E-state index is -1.88. The van der Waals surface area contributed by atoms with Gasteiger partial charge in [-0.05, 0) is 107 Å². The zero-order chi connectivity index (χ0) is 59.6. The molecule has 1 nitrogen and oxygen atoms in total. The average molecular weight is 679 g/mol. The Labute approximate surface area is 338 Å². The van der Waals surface area contributed by atoms with Crippen molar-refractivity contribution in [1.82, 2.24) is 0 Å². The van der Waals surface area contributed by atoms with Crippen molar-refractivity contribution in [3.63, 3.8) is 0 Å². The Morgan fingerprint density at radius 1 is 0.412 bits per heavy atom. The topological polar surface area (TPSA) is 13.1 Å². The van der Waals surface area contributed by atoms with Crippen molar-refractivity contribution in [2.24, 2.45) is 0 Å². The fraction of sp³-hybridized carbons (Fsp3) is 0.0400. The van der Waals surface area contributed by atoms with E-state index in [0.29, 0.717) is 0 Å². The highest BCUT2D eigenvalue weighted by Crippen LogP contribution is 2.47. The van der Waals surface area contributed by atoms with E-state index < -0.39 is 286 Å². The third-order valence-corrected chi connectivity index (χ3v) is 8.72. The van der Waals surface area contributed by atoms with Gasteiger partial charge in [0.25, 0.3) is 0 Å². The summed E-state index contributed by atoms with van der Waals surface area (Å²) in [6, 6.07) is -25.8. The highest BCUT2D eigenvalue weighted by molar-refractivity contribution is 6.27. The zero-order valence-electron chi connectivity index (χ0n) is 55.6. The second kappa shape index (κ2) is 11.0. The molecule has 1 aromatic heterocycles. The fourth-order valence-corrected chi connectivity index (χ4v) is 6.52. The summed E-state index contributed by atoms with van der Waals surface area (Å²) in [6.07, 6.45) is -3.69. The first-order chi connectivity index (χ1) is 37.8. The van der Waals surface area contributed by atoms with Crippen molar-refractivity contribution in [3.05, 3.63) is 180 Å². The van der Waals surface area contributed by atoms with Gasteiger partial charge in [0.2, 0.25) is 0 Å². The Bertz CT molecular complexity index is 4600. The highest BCUT2D eigenvalue weighted by atomic mass is 16.3. The van der Waals surface area contributed by atoms with Gasteiger partial charge in [-0.25, -0.2) is 0 Å². The molecule has 0 N–H and O–H groups in total. The molecular weight excluding hydrogens is 617 g/mol. The maximum atomic E-state index is 9.67. The molecule has 51 heavy (non-hydrogen) atoms. The molecule has 0 saturated heterocycles. The molecule has 0 fully saturated rings. The third kappa shape index (κ3) is 4.28. The van der Waals surface area contributed by atoms with Crippen LogP contribution >= 0.6 is 0 Å². The normalized spacial score (nSPS) is 23.7. The number of fused-ring (bicyclic) bond motifs is 10. The number of rotatable bonds is 3. The van der Waals surface area contributed by atoms with Gasteiger partial charge in [-0.1, -0.05) is 157 Å². The summed E-state index contributed by atoms with van der Waals surface area (Å²) in [7, 11) is 0. The van der Waals surface area contributed by atoms with Crippen LogP contribution in [0, 0.1) is 0 Å². The lowest BCUT2D eigenvalue weighted by atomic mass is 9.83. The molecule has 1 heterocycles. The monoisotopic (exact) mass is 678 g/mol. The quantitative estimate of drug-likeness (QED) is 0.170. The van der Waals surface area contributed by atoms with Gasteiger partial charge in [0.05, 0.1) is 38.4 Å². The molecule has 10 aromatic rings. The SMILES string of the molecule is [2H]c1c([2H])c([2H])c2c(c1[2H])-c1c([2H])c([2H])c(-c3c([2H])c([2H])c(-c4c5c([2H])c([2H])c([2H])c([2H])c5c(-c5c([2H])c([2H])c([2H])c6oc7c8c([2H])c([2H])c([2H])c([2H])c8c([2H])c([2H])c7c56)c5c([2H])c([2H])c([2H])c([2H])c45)c([2H])c3[2H])c([2H])c1C([2H])C2[2H]. The second-order valence-corrected chi connectivity index (χ2v) is 11.4. The van der Waals surface area contributed by atoms with Crippen molar-refractivity contribution in [3.8, 4) is 44.5 Å². The number of hydrogen-bond acceptors (Lipinski definition) is 1. The molecule has 2 unspecified atom stereocenters. The van der Waals surface area contributed by atoms with E-state index in [4.69, 9.17) is 27.7 Å². The molecule has 0 saturated carbocycles. The minimum Gasteiger partial charge on any atom is -0.455 e. The van der Waals surface area contributed by atoms with E-state index in [1.54, 1.807) is 0 Å². The van der Waals surface area contributed by atoms with Crippen LogP contribution < -0.4 is 0 Å². The van der Waals surface area contributed by atoms with Crippen LogP contribution in [-0.4, -0.2) is 0 Å². The van der Waals surface area contributed by atoms with Gasteiger partial charge in [-0.15, -0.1) is 0 Å². The Morgan fingerprint density at radius 2 is 1.00 bits per heavy atom. The number of benzene rings is 9. The van der Waals surface area contributed by atoms with E-state index in [9.17, 15) is 17.8 Å². The molecule has 1 aliphatic rings. The first kappa shape index (κ1) is 11.8. The predicted molar refractivity (Wildman–Crippen MR) is 215 cm³/mol. The van der Waals surface area contributed by atoms with E-state index in [1.807, 2.05) is 0 Å². The van der Waals surface area contributed by atoms with Crippen LogP contribution in [0.15, 0.2) is 174 Å². The van der Waals surface area contributed by atoms with E-state index in [0.717, 1.165) is 0 Å². The summed E-state index contributed by atoms with van der Waals surface area (Å²) in [5.74, 6) is 0. The summed E-state index contributed by atoms with van der Waals surface area (Å²) < 4.78 is 279. The Morgan fingerprint density at radius 3 is 1.78 bits per heavy atom. The Kier molecular flexibility index (Phi) is 2.56. The van der Waals surface area contributed by atoms with Gasteiger partial charge in [-0.3, -0.25) is 0 Å². The Hall–Kier alpha value is -6.44. The molecule has 0 amide bonds. The van der Waals surface area contributed by atoms with Gasteiger partial charge in [0.1, 0.15) is 11.2 Å². The molecule has 2 atom stereocenters. The summed E-state index contributed by atoms with van der Waals surface area (Å²) >= 11 is 0. The van der Waals surface area contributed by atoms with Crippen LogP contribution in [0.5, 0.6) is 0 Å². The van der Waals surface area contributed by atoms with Crippen molar-refractivity contribution >= 4 is 54.3 Å². The van der Waals surface area contributed by atoms with Crippen LogP contribution in [0.2, 0.25) is 0 Å². The van der Waals surface area contributed by atoms with Crippen molar-refractivity contribution in [2.45, 2.75) is 12.8 Å². The zero-order valence-corrected chi connectivity index (χ0v) is 25.6. The maximum Gasteiger partial charge on any atom is 0.143 e. The number of furan rings is 1. The van der Waals surface area contributed by atoms with Gasteiger partial charge in [-0.2, -0.15) is 0 Å².